The maximum atomic E-state index is 9.93. The van der Waals surface area contributed by atoms with Crippen molar-refractivity contribution in [3.8, 4) is 0 Å². The molecule has 0 aromatic rings. The second-order valence-electron chi connectivity index (χ2n) is 6.00. The first-order valence-corrected chi connectivity index (χ1v) is 6.70. The fourth-order valence-electron chi connectivity index (χ4n) is 2.22. The van der Waals surface area contributed by atoms with Gasteiger partial charge >= 0.3 is 0 Å². The summed E-state index contributed by atoms with van der Waals surface area (Å²) in [5.74, 6) is 0.210. The Morgan fingerprint density at radius 1 is 1.19 bits per heavy atom. The zero-order chi connectivity index (χ0) is 12.6. The Hall–Kier alpha value is -0.0800. The molecule has 0 spiro atoms. The molecule has 0 rings (SSSR count). The minimum absolute atomic E-state index is 0.174. The lowest BCUT2D eigenvalue weighted by Gasteiger charge is -2.28. The Balaban J connectivity index is 3.84. The SMILES string of the molecule is CCCCCC(C)(C)CC(O)CC(C)CO. The van der Waals surface area contributed by atoms with Crippen LogP contribution in [0.1, 0.15) is 66.2 Å². The highest BCUT2D eigenvalue weighted by Crippen LogP contribution is 2.30. The first-order valence-electron chi connectivity index (χ1n) is 6.70. The first kappa shape index (κ1) is 15.9. The Kier molecular flexibility index (Phi) is 8.04. The number of unbranched alkanes of at least 4 members (excludes halogenated alkanes) is 2. The summed E-state index contributed by atoms with van der Waals surface area (Å²) in [6.07, 6.45) is 6.28. The molecule has 0 aliphatic carbocycles. The monoisotopic (exact) mass is 230 g/mol. The van der Waals surface area contributed by atoms with E-state index in [1.54, 1.807) is 0 Å². The Bertz CT molecular complexity index is 166. The first-order chi connectivity index (χ1) is 7.41. The quantitative estimate of drug-likeness (QED) is 0.596. The molecule has 2 atom stereocenters. The highest BCUT2D eigenvalue weighted by atomic mass is 16.3. The van der Waals surface area contributed by atoms with Crippen molar-refractivity contribution in [3.63, 3.8) is 0 Å². The highest BCUT2D eigenvalue weighted by molar-refractivity contribution is 4.74. The van der Waals surface area contributed by atoms with Gasteiger partial charge in [0.25, 0.3) is 0 Å². The van der Waals surface area contributed by atoms with E-state index in [0.717, 1.165) is 6.42 Å². The molecule has 98 valence electrons. The molecule has 0 heterocycles. The molecule has 0 saturated heterocycles. The van der Waals surface area contributed by atoms with Crippen molar-refractivity contribution in [1.82, 2.24) is 0 Å². The van der Waals surface area contributed by atoms with Gasteiger partial charge in [0.2, 0.25) is 0 Å². The number of hydrogen-bond acceptors (Lipinski definition) is 2. The fraction of sp³-hybridized carbons (Fsp3) is 1.00. The molecular formula is C14H30O2. The zero-order valence-electron chi connectivity index (χ0n) is 11.5. The summed E-state index contributed by atoms with van der Waals surface area (Å²) in [6, 6.07) is 0. The molecule has 2 heteroatoms. The van der Waals surface area contributed by atoms with E-state index >= 15 is 0 Å². The lowest BCUT2D eigenvalue weighted by atomic mass is 9.80. The number of aliphatic hydroxyl groups excluding tert-OH is 2. The van der Waals surface area contributed by atoms with Gasteiger partial charge in [-0.3, -0.25) is 0 Å². The van der Waals surface area contributed by atoms with Crippen LogP contribution < -0.4 is 0 Å². The van der Waals surface area contributed by atoms with Crippen molar-refractivity contribution in [3.05, 3.63) is 0 Å². The van der Waals surface area contributed by atoms with Crippen LogP contribution in [0.3, 0.4) is 0 Å². The van der Waals surface area contributed by atoms with Gasteiger partial charge in [-0.1, -0.05) is 47.0 Å². The van der Waals surface area contributed by atoms with Crippen LogP contribution in [-0.4, -0.2) is 22.9 Å². The predicted octanol–water partition coefficient (Wildman–Crippen LogP) is 3.36. The Morgan fingerprint density at radius 3 is 2.31 bits per heavy atom. The molecule has 2 unspecified atom stereocenters. The zero-order valence-corrected chi connectivity index (χ0v) is 11.5. The van der Waals surface area contributed by atoms with Gasteiger partial charge in [0.15, 0.2) is 0 Å². The molecule has 0 radical (unpaired) electrons. The lowest BCUT2D eigenvalue weighted by Crippen LogP contribution is -2.23. The summed E-state index contributed by atoms with van der Waals surface area (Å²) in [7, 11) is 0. The minimum Gasteiger partial charge on any atom is -0.396 e. The number of aliphatic hydroxyl groups is 2. The molecule has 2 nitrogen and oxygen atoms in total. The molecule has 0 aromatic carbocycles. The van der Waals surface area contributed by atoms with Crippen LogP contribution in [0.5, 0.6) is 0 Å². The molecule has 0 aromatic heterocycles. The topological polar surface area (TPSA) is 40.5 Å². The van der Waals surface area contributed by atoms with Crippen LogP contribution in [0, 0.1) is 11.3 Å². The summed E-state index contributed by atoms with van der Waals surface area (Å²) in [6.45, 7) is 8.83. The molecular weight excluding hydrogens is 200 g/mol. The number of hydrogen-bond donors (Lipinski definition) is 2. The van der Waals surface area contributed by atoms with E-state index in [1.165, 1.54) is 25.7 Å². The molecule has 0 saturated carbocycles. The maximum Gasteiger partial charge on any atom is 0.0548 e. The molecule has 16 heavy (non-hydrogen) atoms. The second-order valence-corrected chi connectivity index (χ2v) is 6.00. The van der Waals surface area contributed by atoms with Crippen LogP contribution in [-0.2, 0) is 0 Å². The van der Waals surface area contributed by atoms with E-state index in [2.05, 4.69) is 20.8 Å². The van der Waals surface area contributed by atoms with Gasteiger partial charge in [0.1, 0.15) is 0 Å². The molecule has 0 amide bonds. The third-order valence-electron chi connectivity index (χ3n) is 3.23. The van der Waals surface area contributed by atoms with Gasteiger partial charge in [-0.15, -0.1) is 0 Å². The average molecular weight is 230 g/mol. The predicted molar refractivity (Wildman–Crippen MR) is 69.4 cm³/mol. The minimum atomic E-state index is -0.265. The Morgan fingerprint density at radius 2 is 1.81 bits per heavy atom. The van der Waals surface area contributed by atoms with Crippen LogP contribution in [0.2, 0.25) is 0 Å². The van der Waals surface area contributed by atoms with Gasteiger partial charge in [0, 0.05) is 6.61 Å². The van der Waals surface area contributed by atoms with Crippen molar-refractivity contribution in [1.29, 1.82) is 0 Å². The van der Waals surface area contributed by atoms with Crippen molar-refractivity contribution >= 4 is 0 Å². The van der Waals surface area contributed by atoms with Crippen molar-refractivity contribution in [2.45, 2.75) is 72.3 Å². The van der Waals surface area contributed by atoms with Gasteiger partial charge in [-0.2, -0.15) is 0 Å². The third kappa shape index (κ3) is 8.12. The molecule has 0 fully saturated rings. The van der Waals surface area contributed by atoms with Crippen LogP contribution in [0.4, 0.5) is 0 Å². The summed E-state index contributed by atoms with van der Waals surface area (Å²) in [5, 5.41) is 18.9. The molecule has 0 aliphatic rings. The molecule has 0 aliphatic heterocycles. The fourth-order valence-corrected chi connectivity index (χ4v) is 2.22. The van der Waals surface area contributed by atoms with E-state index in [0.29, 0.717) is 6.42 Å². The van der Waals surface area contributed by atoms with Crippen LogP contribution in [0.25, 0.3) is 0 Å². The van der Waals surface area contributed by atoms with Gasteiger partial charge < -0.3 is 10.2 Å². The highest BCUT2D eigenvalue weighted by Gasteiger charge is 2.22. The van der Waals surface area contributed by atoms with Crippen LogP contribution in [0.15, 0.2) is 0 Å². The van der Waals surface area contributed by atoms with E-state index in [1.807, 2.05) is 6.92 Å². The molecule has 0 bridgehead atoms. The van der Waals surface area contributed by atoms with E-state index < -0.39 is 0 Å². The summed E-state index contributed by atoms with van der Waals surface area (Å²) in [4.78, 5) is 0. The second kappa shape index (κ2) is 8.08. The standard InChI is InChI=1S/C14H30O2/c1-5-6-7-8-14(3,4)10-13(16)9-12(2)11-15/h12-13,15-16H,5-11H2,1-4H3. The number of rotatable bonds is 9. The van der Waals surface area contributed by atoms with Crippen molar-refractivity contribution in [2.24, 2.45) is 11.3 Å². The van der Waals surface area contributed by atoms with Crippen molar-refractivity contribution < 1.29 is 10.2 Å². The van der Waals surface area contributed by atoms with E-state index in [4.69, 9.17) is 5.11 Å². The van der Waals surface area contributed by atoms with E-state index in [-0.39, 0.29) is 24.0 Å². The average Bonchev–Trinajstić information content (AvgIpc) is 2.16. The summed E-state index contributed by atoms with van der Waals surface area (Å²) >= 11 is 0. The maximum absolute atomic E-state index is 9.93. The summed E-state index contributed by atoms with van der Waals surface area (Å²) in [5.41, 5.74) is 0.226. The smallest absolute Gasteiger partial charge is 0.0548 e. The molecule has 2 N–H and O–H groups in total. The largest absolute Gasteiger partial charge is 0.396 e. The van der Waals surface area contributed by atoms with Crippen LogP contribution >= 0.6 is 0 Å². The lowest BCUT2D eigenvalue weighted by molar-refractivity contribution is 0.0758. The van der Waals surface area contributed by atoms with Gasteiger partial charge in [-0.05, 0) is 30.6 Å². The van der Waals surface area contributed by atoms with Gasteiger partial charge in [0.05, 0.1) is 6.10 Å². The van der Waals surface area contributed by atoms with Gasteiger partial charge in [-0.25, -0.2) is 0 Å². The normalized spacial score (nSPS) is 16.1. The third-order valence-corrected chi connectivity index (χ3v) is 3.23. The Labute approximate surface area is 101 Å². The van der Waals surface area contributed by atoms with E-state index in [9.17, 15) is 5.11 Å². The van der Waals surface area contributed by atoms with Crippen molar-refractivity contribution in [2.75, 3.05) is 6.61 Å². The summed E-state index contributed by atoms with van der Waals surface area (Å²) < 4.78 is 0.